The molecule has 0 aliphatic carbocycles. The number of hydrogen-bond acceptors (Lipinski definition) is 2. The highest BCUT2D eigenvalue weighted by molar-refractivity contribution is 6.31. The van der Waals surface area contributed by atoms with Crippen LogP contribution in [0.15, 0.2) is 12.3 Å². The fourth-order valence-electron chi connectivity index (χ4n) is 2.86. The number of aliphatic hydroxyl groups is 1. The summed E-state index contributed by atoms with van der Waals surface area (Å²) in [4.78, 5) is 14.6. The lowest BCUT2D eigenvalue weighted by Crippen LogP contribution is -2.42. The Bertz CT molecular complexity index is 459. The molecule has 2 rings (SSSR count). The van der Waals surface area contributed by atoms with Crippen LogP contribution >= 0.6 is 11.6 Å². The van der Waals surface area contributed by atoms with Gasteiger partial charge in [0, 0.05) is 19.3 Å². The first kappa shape index (κ1) is 15.4. The topological polar surface area (TPSA) is 45.5 Å². The largest absolute Gasteiger partial charge is 0.394 e. The molecule has 0 aromatic carbocycles. The Kier molecular flexibility index (Phi) is 5.49. The molecule has 4 nitrogen and oxygen atoms in total. The minimum Gasteiger partial charge on any atom is -0.394 e. The van der Waals surface area contributed by atoms with Crippen LogP contribution in [-0.2, 0) is 6.54 Å². The van der Waals surface area contributed by atoms with Crippen LogP contribution in [0.4, 0.5) is 0 Å². The Morgan fingerprint density at radius 1 is 1.45 bits per heavy atom. The molecule has 1 atom stereocenters. The normalized spacial score (nSPS) is 19.9. The Morgan fingerprint density at radius 2 is 2.25 bits per heavy atom. The Hall–Kier alpha value is -1.00. The van der Waals surface area contributed by atoms with Crippen molar-refractivity contribution in [2.75, 3.05) is 13.2 Å². The SMILES string of the molecule is CCCn1cc(Cl)cc1C(=O)N1CCCCCC1CO. The molecule has 0 radical (unpaired) electrons. The standard InChI is InChI=1S/C15H23ClN2O2/c1-2-7-17-10-12(16)9-14(17)15(20)18-8-5-3-4-6-13(18)11-19/h9-10,13,19H,2-8,11H2,1H3. The smallest absolute Gasteiger partial charge is 0.270 e. The van der Waals surface area contributed by atoms with E-state index in [-0.39, 0.29) is 18.6 Å². The molecule has 1 aliphatic rings. The molecule has 2 heterocycles. The number of aryl methyl sites for hydroxylation is 1. The number of nitrogens with zero attached hydrogens (tertiary/aromatic N) is 2. The summed E-state index contributed by atoms with van der Waals surface area (Å²) in [5.41, 5.74) is 0.636. The third kappa shape index (κ3) is 3.36. The van der Waals surface area contributed by atoms with E-state index in [4.69, 9.17) is 11.6 Å². The van der Waals surface area contributed by atoms with Gasteiger partial charge in [0.2, 0.25) is 0 Å². The molecular weight excluding hydrogens is 276 g/mol. The molecule has 0 bridgehead atoms. The van der Waals surface area contributed by atoms with E-state index in [2.05, 4.69) is 6.92 Å². The van der Waals surface area contributed by atoms with Gasteiger partial charge < -0.3 is 14.6 Å². The van der Waals surface area contributed by atoms with Crippen LogP contribution < -0.4 is 0 Å². The lowest BCUT2D eigenvalue weighted by atomic mass is 10.1. The second-order valence-electron chi connectivity index (χ2n) is 5.42. The summed E-state index contributed by atoms with van der Waals surface area (Å²) in [5.74, 6) is -0.00806. The predicted octanol–water partition coefficient (Wildman–Crippen LogP) is 2.93. The summed E-state index contributed by atoms with van der Waals surface area (Å²) in [7, 11) is 0. The maximum atomic E-state index is 12.8. The van der Waals surface area contributed by atoms with Gasteiger partial charge in [0.15, 0.2) is 0 Å². The summed E-state index contributed by atoms with van der Waals surface area (Å²) in [6, 6.07) is 1.67. The average molecular weight is 299 g/mol. The molecule has 1 aromatic rings. The van der Waals surface area contributed by atoms with Crippen LogP contribution in [0, 0.1) is 0 Å². The number of hydrogen-bond donors (Lipinski definition) is 1. The van der Waals surface area contributed by atoms with E-state index in [0.29, 0.717) is 10.7 Å². The van der Waals surface area contributed by atoms with Crippen LogP contribution in [0.3, 0.4) is 0 Å². The van der Waals surface area contributed by atoms with Gasteiger partial charge in [-0.2, -0.15) is 0 Å². The van der Waals surface area contributed by atoms with Gasteiger partial charge in [-0.15, -0.1) is 0 Å². The molecule has 1 fully saturated rings. The average Bonchev–Trinajstić information content (AvgIpc) is 2.66. The van der Waals surface area contributed by atoms with Crippen molar-refractivity contribution in [1.82, 2.24) is 9.47 Å². The number of halogens is 1. The van der Waals surface area contributed by atoms with Gasteiger partial charge in [-0.25, -0.2) is 0 Å². The summed E-state index contributed by atoms with van der Waals surface area (Å²) in [5, 5.41) is 10.1. The summed E-state index contributed by atoms with van der Waals surface area (Å²) < 4.78 is 1.92. The van der Waals surface area contributed by atoms with Crippen molar-refractivity contribution in [3.05, 3.63) is 23.0 Å². The quantitative estimate of drug-likeness (QED) is 0.929. The van der Waals surface area contributed by atoms with Gasteiger partial charge in [0.1, 0.15) is 5.69 Å². The van der Waals surface area contributed by atoms with Gasteiger partial charge in [-0.05, 0) is 25.3 Å². The second kappa shape index (κ2) is 7.14. The molecular formula is C15H23ClN2O2. The van der Waals surface area contributed by atoms with Crippen molar-refractivity contribution in [1.29, 1.82) is 0 Å². The van der Waals surface area contributed by atoms with Crippen molar-refractivity contribution in [2.24, 2.45) is 0 Å². The number of carbonyl (C=O) groups excluding carboxylic acids is 1. The van der Waals surface area contributed by atoms with Crippen LogP contribution in [0.1, 0.15) is 49.5 Å². The van der Waals surface area contributed by atoms with Crippen molar-refractivity contribution >= 4 is 17.5 Å². The third-order valence-corrected chi connectivity index (χ3v) is 4.10. The van der Waals surface area contributed by atoms with E-state index in [9.17, 15) is 9.90 Å². The molecule has 112 valence electrons. The zero-order valence-corrected chi connectivity index (χ0v) is 12.8. The molecule has 20 heavy (non-hydrogen) atoms. The molecule has 5 heteroatoms. The molecule has 0 saturated carbocycles. The van der Waals surface area contributed by atoms with E-state index in [1.54, 1.807) is 6.07 Å². The highest BCUT2D eigenvalue weighted by atomic mass is 35.5. The number of aromatic nitrogens is 1. The Labute approximate surface area is 125 Å². The number of aliphatic hydroxyl groups excluding tert-OH is 1. The first-order valence-electron chi connectivity index (χ1n) is 7.45. The fraction of sp³-hybridized carbons (Fsp3) is 0.667. The van der Waals surface area contributed by atoms with E-state index in [0.717, 1.165) is 45.2 Å². The van der Waals surface area contributed by atoms with Gasteiger partial charge in [0.25, 0.3) is 5.91 Å². The molecule has 1 unspecified atom stereocenters. The monoisotopic (exact) mass is 298 g/mol. The van der Waals surface area contributed by atoms with Gasteiger partial charge in [-0.3, -0.25) is 4.79 Å². The van der Waals surface area contributed by atoms with Crippen molar-refractivity contribution < 1.29 is 9.90 Å². The van der Waals surface area contributed by atoms with Crippen molar-refractivity contribution in [3.63, 3.8) is 0 Å². The molecule has 1 amide bonds. The number of rotatable bonds is 4. The highest BCUT2D eigenvalue weighted by Gasteiger charge is 2.27. The van der Waals surface area contributed by atoms with Gasteiger partial charge in [0.05, 0.1) is 17.7 Å². The third-order valence-electron chi connectivity index (χ3n) is 3.90. The van der Waals surface area contributed by atoms with E-state index in [1.807, 2.05) is 15.7 Å². The molecule has 1 aromatic heterocycles. The number of likely N-dealkylation sites (tertiary alicyclic amines) is 1. The lowest BCUT2D eigenvalue weighted by molar-refractivity contribution is 0.0589. The summed E-state index contributed by atoms with van der Waals surface area (Å²) in [6.07, 6.45) is 6.84. The van der Waals surface area contributed by atoms with Crippen molar-refractivity contribution in [3.8, 4) is 0 Å². The Balaban J connectivity index is 2.24. The lowest BCUT2D eigenvalue weighted by Gasteiger charge is -2.29. The zero-order valence-electron chi connectivity index (χ0n) is 12.0. The zero-order chi connectivity index (χ0) is 14.5. The number of amides is 1. The molecule has 1 saturated heterocycles. The minimum absolute atomic E-state index is 0.00806. The predicted molar refractivity (Wildman–Crippen MR) is 80.1 cm³/mol. The molecule has 1 N–H and O–H groups in total. The van der Waals surface area contributed by atoms with E-state index < -0.39 is 0 Å². The maximum absolute atomic E-state index is 12.8. The van der Waals surface area contributed by atoms with Crippen LogP contribution in [0.5, 0.6) is 0 Å². The number of carbonyl (C=O) groups is 1. The molecule has 1 aliphatic heterocycles. The Morgan fingerprint density at radius 3 is 2.95 bits per heavy atom. The van der Waals surface area contributed by atoms with E-state index in [1.165, 1.54) is 0 Å². The minimum atomic E-state index is -0.0613. The highest BCUT2D eigenvalue weighted by Crippen LogP contribution is 2.22. The van der Waals surface area contributed by atoms with Crippen LogP contribution in [-0.4, -0.2) is 39.7 Å². The van der Waals surface area contributed by atoms with Gasteiger partial charge >= 0.3 is 0 Å². The van der Waals surface area contributed by atoms with Crippen LogP contribution in [0.25, 0.3) is 0 Å². The maximum Gasteiger partial charge on any atom is 0.270 e. The first-order chi connectivity index (χ1) is 9.67. The van der Waals surface area contributed by atoms with Crippen LogP contribution in [0.2, 0.25) is 5.02 Å². The van der Waals surface area contributed by atoms with Crippen molar-refractivity contribution in [2.45, 2.75) is 51.6 Å². The van der Waals surface area contributed by atoms with Gasteiger partial charge in [-0.1, -0.05) is 31.4 Å². The molecule has 0 spiro atoms. The van der Waals surface area contributed by atoms with E-state index >= 15 is 0 Å². The fourth-order valence-corrected chi connectivity index (χ4v) is 3.08. The first-order valence-corrected chi connectivity index (χ1v) is 7.82. The second-order valence-corrected chi connectivity index (χ2v) is 5.86. The summed E-state index contributed by atoms with van der Waals surface area (Å²) in [6.45, 7) is 3.61. The summed E-state index contributed by atoms with van der Waals surface area (Å²) >= 11 is 6.05.